The number of nitrogens with zero attached hydrogens (tertiary/aromatic N) is 6. The second-order valence-electron chi connectivity index (χ2n) is 6.53. The van der Waals surface area contributed by atoms with Crippen LogP contribution in [-0.4, -0.2) is 48.4 Å². The van der Waals surface area contributed by atoms with E-state index in [1.165, 1.54) is 6.33 Å². The highest BCUT2D eigenvalue weighted by Gasteiger charge is 2.29. The summed E-state index contributed by atoms with van der Waals surface area (Å²) in [6.45, 7) is 5.44. The molecular weight excluding hydrogens is 316 g/mol. The number of hydrogen-bond acceptors (Lipinski definition) is 4. The summed E-state index contributed by atoms with van der Waals surface area (Å²) in [5.74, 6) is 0.0778. The average molecular weight is 336 g/mol. The van der Waals surface area contributed by atoms with Crippen LogP contribution in [0, 0.1) is 13.8 Å². The van der Waals surface area contributed by atoms with E-state index in [1.807, 2.05) is 54.0 Å². The molecule has 3 heterocycles. The Kier molecular flexibility index (Phi) is 3.83. The predicted molar refractivity (Wildman–Crippen MR) is 92.6 cm³/mol. The van der Waals surface area contributed by atoms with Gasteiger partial charge < -0.3 is 4.90 Å². The highest BCUT2D eigenvalue weighted by molar-refractivity contribution is 5.96. The van der Waals surface area contributed by atoms with Crippen LogP contribution in [0.25, 0.3) is 5.69 Å². The van der Waals surface area contributed by atoms with Crippen molar-refractivity contribution in [2.45, 2.75) is 26.3 Å². The Bertz CT molecular complexity index is 898. The summed E-state index contributed by atoms with van der Waals surface area (Å²) in [5.41, 5.74) is 3.72. The molecule has 4 rings (SSSR count). The predicted octanol–water partition coefficient (Wildman–Crippen LogP) is 2.17. The van der Waals surface area contributed by atoms with Crippen LogP contribution in [0.3, 0.4) is 0 Å². The van der Waals surface area contributed by atoms with Crippen LogP contribution < -0.4 is 0 Å². The van der Waals surface area contributed by atoms with Gasteiger partial charge in [0, 0.05) is 24.8 Å². The van der Waals surface area contributed by atoms with Gasteiger partial charge in [-0.05, 0) is 49.6 Å². The van der Waals surface area contributed by atoms with Crippen molar-refractivity contribution < 1.29 is 4.79 Å². The molecule has 1 aromatic carbocycles. The third kappa shape index (κ3) is 2.93. The van der Waals surface area contributed by atoms with Crippen LogP contribution in [0.15, 0.2) is 43.2 Å². The smallest absolute Gasteiger partial charge is 0.254 e. The molecule has 25 heavy (non-hydrogen) atoms. The molecule has 0 bridgehead atoms. The fraction of sp³-hybridized carbons (Fsp3) is 0.333. The van der Waals surface area contributed by atoms with Crippen molar-refractivity contribution in [3.8, 4) is 5.69 Å². The van der Waals surface area contributed by atoms with E-state index in [4.69, 9.17) is 0 Å². The first kappa shape index (κ1) is 15.6. The molecule has 1 aliphatic heterocycles. The number of likely N-dealkylation sites (tertiary alicyclic amines) is 1. The zero-order valence-electron chi connectivity index (χ0n) is 14.3. The van der Waals surface area contributed by atoms with Crippen LogP contribution in [-0.2, 0) is 0 Å². The summed E-state index contributed by atoms with van der Waals surface area (Å²) in [6.07, 6.45) is 7.97. The summed E-state index contributed by atoms with van der Waals surface area (Å²) in [7, 11) is 0. The number of carbonyl (C=O) groups is 1. The minimum Gasteiger partial charge on any atom is -0.336 e. The SMILES string of the molecule is Cc1cnn(C2CCN(C(=O)c3ccc(-n4cncn4)cc3C)C2)c1. The van der Waals surface area contributed by atoms with Crippen LogP contribution >= 0.6 is 0 Å². The minimum absolute atomic E-state index is 0.0778. The zero-order valence-corrected chi connectivity index (χ0v) is 14.3. The standard InChI is InChI=1S/C18H20N6O/c1-13-8-20-23(9-13)16-5-6-22(10-16)18(25)17-4-3-15(7-14(17)2)24-12-19-11-21-24/h3-4,7-9,11-12,16H,5-6,10H2,1-2H3. The topological polar surface area (TPSA) is 68.8 Å². The maximum atomic E-state index is 12.9. The lowest BCUT2D eigenvalue weighted by molar-refractivity contribution is 0.0786. The molecule has 0 saturated carbocycles. The summed E-state index contributed by atoms with van der Waals surface area (Å²) < 4.78 is 3.66. The van der Waals surface area contributed by atoms with Gasteiger partial charge in [-0.15, -0.1) is 0 Å². The summed E-state index contributed by atoms with van der Waals surface area (Å²) in [5, 5.41) is 8.51. The summed E-state index contributed by atoms with van der Waals surface area (Å²) >= 11 is 0. The third-order valence-corrected chi connectivity index (χ3v) is 4.68. The van der Waals surface area contributed by atoms with Gasteiger partial charge in [-0.1, -0.05) is 0 Å². The lowest BCUT2D eigenvalue weighted by Crippen LogP contribution is -2.29. The normalized spacial score (nSPS) is 17.2. The zero-order chi connectivity index (χ0) is 17.4. The lowest BCUT2D eigenvalue weighted by atomic mass is 10.1. The molecule has 1 fully saturated rings. The first-order chi connectivity index (χ1) is 12.1. The molecule has 0 spiro atoms. The van der Waals surface area contributed by atoms with E-state index in [2.05, 4.69) is 15.2 Å². The summed E-state index contributed by atoms with van der Waals surface area (Å²) in [6, 6.07) is 6.00. The molecule has 128 valence electrons. The van der Waals surface area contributed by atoms with Crippen LogP contribution in [0.2, 0.25) is 0 Å². The average Bonchev–Trinajstić information content (AvgIpc) is 3.35. The molecule has 1 atom stereocenters. The molecule has 1 saturated heterocycles. The quantitative estimate of drug-likeness (QED) is 0.735. The molecule has 3 aromatic rings. The van der Waals surface area contributed by atoms with E-state index in [0.717, 1.165) is 35.3 Å². The number of hydrogen-bond donors (Lipinski definition) is 0. The fourth-order valence-corrected chi connectivity index (χ4v) is 3.32. The molecule has 1 unspecified atom stereocenters. The van der Waals surface area contributed by atoms with Gasteiger partial charge in [0.1, 0.15) is 12.7 Å². The van der Waals surface area contributed by atoms with Crippen molar-refractivity contribution in [1.29, 1.82) is 0 Å². The number of carbonyl (C=O) groups excluding carboxylic acids is 1. The highest BCUT2D eigenvalue weighted by Crippen LogP contribution is 2.24. The van der Waals surface area contributed by atoms with E-state index < -0.39 is 0 Å². The van der Waals surface area contributed by atoms with Crippen molar-refractivity contribution in [2.75, 3.05) is 13.1 Å². The van der Waals surface area contributed by atoms with Gasteiger partial charge in [-0.2, -0.15) is 10.2 Å². The Morgan fingerprint density at radius 2 is 2.12 bits per heavy atom. The van der Waals surface area contributed by atoms with E-state index in [0.29, 0.717) is 6.54 Å². The maximum absolute atomic E-state index is 12.9. The van der Waals surface area contributed by atoms with Crippen LogP contribution in [0.4, 0.5) is 0 Å². The Morgan fingerprint density at radius 3 is 2.80 bits per heavy atom. The van der Waals surface area contributed by atoms with Crippen molar-refractivity contribution >= 4 is 5.91 Å². The highest BCUT2D eigenvalue weighted by atomic mass is 16.2. The van der Waals surface area contributed by atoms with E-state index >= 15 is 0 Å². The van der Waals surface area contributed by atoms with Crippen molar-refractivity contribution in [3.05, 3.63) is 59.9 Å². The van der Waals surface area contributed by atoms with Crippen molar-refractivity contribution in [2.24, 2.45) is 0 Å². The van der Waals surface area contributed by atoms with E-state index in [9.17, 15) is 4.79 Å². The summed E-state index contributed by atoms with van der Waals surface area (Å²) in [4.78, 5) is 18.8. The van der Waals surface area contributed by atoms with Crippen molar-refractivity contribution in [1.82, 2.24) is 29.4 Å². The van der Waals surface area contributed by atoms with Gasteiger partial charge in [0.25, 0.3) is 5.91 Å². The number of amides is 1. The Hall–Kier alpha value is -2.96. The maximum Gasteiger partial charge on any atom is 0.254 e. The number of rotatable bonds is 3. The molecule has 0 radical (unpaired) electrons. The van der Waals surface area contributed by atoms with Gasteiger partial charge in [-0.3, -0.25) is 9.48 Å². The molecule has 7 heteroatoms. The second-order valence-corrected chi connectivity index (χ2v) is 6.53. The molecule has 7 nitrogen and oxygen atoms in total. The van der Waals surface area contributed by atoms with Crippen molar-refractivity contribution in [3.63, 3.8) is 0 Å². The monoisotopic (exact) mass is 336 g/mol. The molecule has 0 aliphatic carbocycles. The largest absolute Gasteiger partial charge is 0.336 e. The number of benzene rings is 1. The lowest BCUT2D eigenvalue weighted by Gasteiger charge is -2.18. The van der Waals surface area contributed by atoms with Gasteiger partial charge >= 0.3 is 0 Å². The van der Waals surface area contributed by atoms with Gasteiger partial charge in [-0.25, -0.2) is 9.67 Å². The Morgan fingerprint density at radius 1 is 1.24 bits per heavy atom. The first-order valence-electron chi connectivity index (χ1n) is 8.37. The van der Waals surface area contributed by atoms with Gasteiger partial charge in [0.2, 0.25) is 0 Å². The van der Waals surface area contributed by atoms with Gasteiger partial charge in [0.05, 0.1) is 17.9 Å². The van der Waals surface area contributed by atoms with E-state index in [1.54, 1.807) is 11.0 Å². The Labute approximate surface area is 145 Å². The molecule has 0 N–H and O–H groups in total. The third-order valence-electron chi connectivity index (χ3n) is 4.68. The molecule has 1 aliphatic rings. The first-order valence-corrected chi connectivity index (χ1v) is 8.37. The Balaban J connectivity index is 1.51. The molecule has 2 aromatic heterocycles. The molecular formula is C18H20N6O. The number of aryl methyl sites for hydroxylation is 2. The molecule has 1 amide bonds. The minimum atomic E-state index is 0.0778. The second kappa shape index (κ2) is 6.16. The van der Waals surface area contributed by atoms with Crippen LogP contribution in [0.1, 0.15) is 33.9 Å². The van der Waals surface area contributed by atoms with Gasteiger partial charge in [0.15, 0.2) is 0 Å². The number of aromatic nitrogens is 5. The fourth-order valence-electron chi connectivity index (χ4n) is 3.32. The van der Waals surface area contributed by atoms with Crippen LogP contribution in [0.5, 0.6) is 0 Å². The van der Waals surface area contributed by atoms with E-state index in [-0.39, 0.29) is 11.9 Å².